The molecule has 4 aromatic rings. The minimum absolute atomic E-state index is 0.232. The van der Waals surface area contributed by atoms with Crippen LogP contribution in [0.3, 0.4) is 0 Å². The van der Waals surface area contributed by atoms with E-state index in [9.17, 15) is 4.79 Å². The first-order chi connectivity index (χ1) is 14.5. The summed E-state index contributed by atoms with van der Waals surface area (Å²) in [7, 11) is 0. The zero-order chi connectivity index (χ0) is 21.1. The molecule has 0 aliphatic heterocycles. The fourth-order valence-corrected chi connectivity index (χ4v) is 4.10. The highest BCUT2D eigenvalue weighted by atomic mass is 32.1. The summed E-state index contributed by atoms with van der Waals surface area (Å²) in [4.78, 5) is 17.4. The van der Waals surface area contributed by atoms with Crippen LogP contribution in [0.1, 0.15) is 56.0 Å². The van der Waals surface area contributed by atoms with Gasteiger partial charge in [-0.3, -0.25) is 9.78 Å². The van der Waals surface area contributed by atoms with E-state index in [4.69, 9.17) is 9.05 Å². The molecule has 0 bridgehead atoms. The third kappa shape index (κ3) is 4.18. The lowest BCUT2D eigenvalue weighted by Gasteiger charge is -2.18. The molecule has 0 aliphatic rings. The molecule has 0 saturated heterocycles. The molecule has 154 valence electrons. The van der Waals surface area contributed by atoms with E-state index < -0.39 is 0 Å². The van der Waals surface area contributed by atoms with Crippen molar-refractivity contribution in [3.05, 3.63) is 86.5 Å². The number of nitrogens with zero attached hydrogens (tertiary/aromatic N) is 3. The van der Waals surface area contributed by atoms with Gasteiger partial charge in [0.15, 0.2) is 5.69 Å². The minimum atomic E-state index is -0.280. The molecule has 30 heavy (non-hydrogen) atoms. The second-order valence-corrected chi connectivity index (χ2v) is 7.97. The quantitative estimate of drug-likeness (QED) is 0.476. The Morgan fingerprint density at radius 2 is 1.93 bits per heavy atom. The standard InChI is InChI=1S/C22H22N4O3S/c1-13-18(14(2)28-25-13)10-19-15(3)29-26-21(19)22(27)24-20(9-16-6-8-30-12-16)17-5-4-7-23-11-17/h4-8,11-12,20H,9-10H2,1-3H3,(H,24,27). The van der Waals surface area contributed by atoms with Crippen LogP contribution < -0.4 is 5.32 Å². The van der Waals surface area contributed by atoms with E-state index in [2.05, 4.69) is 32.1 Å². The Morgan fingerprint density at radius 3 is 2.60 bits per heavy atom. The topological polar surface area (TPSA) is 94.1 Å². The molecule has 4 aromatic heterocycles. The molecule has 4 rings (SSSR count). The fraction of sp³-hybridized carbons (Fsp3) is 0.273. The highest BCUT2D eigenvalue weighted by Gasteiger charge is 2.25. The molecule has 0 saturated carbocycles. The average molecular weight is 423 g/mol. The summed E-state index contributed by atoms with van der Waals surface area (Å²) in [6, 6.07) is 5.65. The number of thiophene rings is 1. The summed E-state index contributed by atoms with van der Waals surface area (Å²) in [6.45, 7) is 5.55. The van der Waals surface area contributed by atoms with E-state index in [0.29, 0.717) is 18.6 Å². The van der Waals surface area contributed by atoms with E-state index in [0.717, 1.165) is 33.7 Å². The van der Waals surface area contributed by atoms with Crippen molar-refractivity contribution in [3.63, 3.8) is 0 Å². The monoisotopic (exact) mass is 422 g/mol. The van der Waals surface area contributed by atoms with Gasteiger partial charge < -0.3 is 14.4 Å². The van der Waals surface area contributed by atoms with Gasteiger partial charge in [0.25, 0.3) is 5.91 Å². The molecule has 0 aromatic carbocycles. The third-order valence-electron chi connectivity index (χ3n) is 5.15. The van der Waals surface area contributed by atoms with Gasteiger partial charge in [0.05, 0.1) is 11.7 Å². The van der Waals surface area contributed by atoms with Crippen LogP contribution in [0.2, 0.25) is 0 Å². The van der Waals surface area contributed by atoms with E-state index >= 15 is 0 Å². The number of amides is 1. The Balaban J connectivity index is 1.60. The minimum Gasteiger partial charge on any atom is -0.361 e. The maximum absolute atomic E-state index is 13.2. The maximum atomic E-state index is 13.2. The number of carbonyl (C=O) groups excluding carboxylic acids is 1. The first-order valence-corrected chi connectivity index (χ1v) is 10.6. The van der Waals surface area contributed by atoms with Crippen molar-refractivity contribution < 1.29 is 13.8 Å². The predicted octanol–water partition coefficient (Wildman–Crippen LogP) is 4.35. The van der Waals surface area contributed by atoms with E-state index in [-0.39, 0.29) is 17.6 Å². The van der Waals surface area contributed by atoms with Gasteiger partial charge in [0.1, 0.15) is 11.5 Å². The molecule has 0 radical (unpaired) electrons. The van der Waals surface area contributed by atoms with Crippen molar-refractivity contribution in [2.24, 2.45) is 0 Å². The van der Waals surface area contributed by atoms with Crippen LogP contribution in [0.5, 0.6) is 0 Å². The van der Waals surface area contributed by atoms with Crippen molar-refractivity contribution in [2.45, 2.75) is 39.7 Å². The number of hydrogen-bond acceptors (Lipinski definition) is 7. The lowest BCUT2D eigenvalue weighted by Crippen LogP contribution is -2.31. The summed E-state index contributed by atoms with van der Waals surface area (Å²) >= 11 is 1.63. The zero-order valence-corrected chi connectivity index (χ0v) is 17.8. The molecule has 8 heteroatoms. The maximum Gasteiger partial charge on any atom is 0.274 e. The predicted molar refractivity (Wildman–Crippen MR) is 112 cm³/mol. The van der Waals surface area contributed by atoms with E-state index in [1.807, 2.05) is 31.4 Å². The molecule has 1 amide bonds. The third-order valence-corrected chi connectivity index (χ3v) is 5.88. The summed E-state index contributed by atoms with van der Waals surface area (Å²) in [6.07, 6.45) is 4.63. The number of nitrogens with one attached hydrogen (secondary N) is 1. The molecular formula is C22H22N4O3S. The van der Waals surface area contributed by atoms with Crippen molar-refractivity contribution in [2.75, 3.05) is 0 Å². The van der Waals surface area contributed by atoms with Gasteiger partial charge in [-0.15, -0.1) is 0 Å². The van der Waals surface area contributed by atoms with Crippen molar-refractivity contribution in [1.29, 1.82) is 0 Å². The Hall–Kier alpha value is -3.26. The lowest BCUT2D eigenvalue weighted by molar-refractivity contribution is 0.0926. The summed E-state index contributed by atoms with van der Waals surface area (Å²) in [5.41, 5.74) is 4.85. The molecule has 1 N–H and O–H groups in total. The van der Waals surface area contributed by atoms with Crippen LogP contribution >= 0.6 is 11.3 Å². The van der Waals surface area contributed by atoms with Gasteiger partial charge in [-0.25, -0.2) is 0 Å². The van der Waals surface area contributed by atoms with Gasteiger partial charge in [-0.1, -0.05) is 16.4 Å². The molecule has 1 unspecified atom stereocenters. The van der Waals surface area contributed by atoms with Crippen LogP contribution in [0.25, 0.3) is 0 Å². The van der Waals surface area contributed by atoms with Gasteiger partial charge >= 0.3 is 0 Å². The van der Waals surface area contributed by atoms with E-state index in [1.165, 1.54) is 0 Å². The molecule has 0 aliphatic carbocycles. The highest BCUT2D eigenvalue weighted by molar-refractivity contribution is 7.07. The van der Waals surface area contributed by atoms with Crippen LogP contribution in [0.15, 0.2) is 50.4 Å². The second-order valence-electron chi connectivity index (χ2n) is 7.19. The number of rotatable bonds is 7. The molecular weight excluding hydrogens is 400 g/mol. The average Bonchev–Trinajstić information content (AvgIpc) is 3.46. The van der Waals surface area contributed by atoms with Gasteiger partial charge in [-0.05, 0) is 61.2 Å². The van der Waals surface area contributed by atoms with Crippen LogP contribution in [-0.4, -0.2) is 21.2 Å². The summed E-state index contributed by atoms with van der Waals surface area (Å²) in [5.74, 6) is 1.05. The Labute approximate surface area is 178 Å². The van der Waals surface area contributed by atoms with Crippen molar-refractivity contribution >= 4 is 17.2 Å². The second kappa shape index (κ2) is 8.62. The van der Waals surface area contributed by atoms with Gasteiger partial charge in [-0.2, -0.15) is 11.3 Å². The molecule has 0 spiro atoms. The number of aromatic nitrogens is 3. The number of pyridine rings is 1. The van der Waals surface area contributed by atoms with Gasteiger partial charge in [0, 0.05) is 29.9 Å². The largest absolute Gasteiger partial charge is 0.361 e. The highest BCUT2D eigenvalue weighted by Crippen LogP contribution is 2.24. The number of carbonyl (C=O) groups is 1. The fourth-order valence-electron chi connectivity index (χ4n) is 3.41. The number of hydrogen-bond donors (Lipinski definition) is 1. The van der Waals surface area contributed by atoms with Crippen molar-refractivity contribution in [1.82, 2.24) is 20.6 Å². The molecule has 0 fully saturated rings. The zero-order valence-electron chi connectivity index (χ0n) is 17.0. The van der Waals surface area contributed by atoms with Crippen LogP contribution in [-0.2, 0) is 12.8 Å². The smallest absolute Gasteiger partial charge is 0.274 e. The Morgan fingerprint density at radius 1 is 1.13 bits per heavy atom. The summed E-state index contributed by atoms with van der Waals surface area (Å²) < 4.78 is 10.6. The lowest BCUT2D eigenvalue weighted by atomic mass is 10.00. The van der Waals surface area contributed by atoms with Crippen LogP contribution in [0, 0.1) is 20.8 Å². The molecule has 7 nitrogen and oxygen atoms in total. The Kier molecular flexibility index (Phi) is 5.76. The first kappa shape index (κ1) is 20.0. The first-order valence-electron chi connectivity index (χ1n) is 9.61. The van der Waals surface area contributed by atoms with Gasteiger partial charge in [0.2, 0.25) is 0 Å². The van der Waals surface area contributed by atoms with Crippen LogP contribution in [0.4, 0.5) is 0 Å². The number of aryl methyl sites for hydroxylation is 3. The molecule has 4 heterocycles. The Bertz CT molecular complexity index is 1110. The normalized spacial score (nSPS) is 12.1. The van der Waals surface area contributed by atoms with E-state index in [1.54, 1.807) is 30.7 Å². The molecule has 1 atom stereocenters. The summed E-state index contributed by atoms with van der Waals surface area (Å²) in [5, 5.41) is 15.3. The van der Waals surface area contributed by atoms with Crippen molar-refractivity contribution in [3.8, 4) is 0 Å². The SMILES string of the molecule is Cc1noc(C)c1Cc1c(C(=O)NC(Cc2ccsc2)c2cccnc2)noc1C.